The lowest BCUT2D eigenvalue weighted by Crippen LogP contribution is -2.32. The summed E-state index contributed by atoms with van der Waals surface area (Å²) in [6, 6.07) is 22.2. The molecule has 6 heteroatoms. The number of nitrogens with two attached hydrogens (primary N) is 1. The highest BCUT2D eigenvalue weighted by Gasteiger charge is 2.11. The summed E-state index contributed by atoms with van der Waals surface area (Å²) >= 11 is 0. The van der Waals surface area contributed by atoms with Crippen LogP contribution in [0.4, 0.5) is 0 Å². The fraction of sp³-hybridized carbons (Fsp3) is 0.0833. The van der Waals surface area contributed by atoms with Gasteiger partial charge in [-0.05, 0) is 41.8 Å². The van der Waals surface area contributed by atoms with Crippen molar-refractivity contribution in [2.24, 2.45) is 5.73 Å². The summed E-state index contributed by atoms with van der Waals surface area (Å²) in [7, 11) is 0. The summed E-state index contributed by atoms with van der Waals surface area (Å²) in [5.41, 5.74) is 8.24. The number of rotatable bonds is 4. The van der Waals surface area contributed by atoms with Crippen molar-refractivity contribution >= 4 is 16.9 Å². The fourth-order valence-electron chi connectivity index (χ4n) is 2.87. The summed E-state index contributed by atoms with van der Waals surface area (Å²) in [5.74, 6) is -0.860. The van der Waals surface area contributed by atoms with Crippen molar-refractivity contribution in [3.05, 3.63) is 101 Å². The van der Waals surface area contributed by atoms with Gasteiger partial charge in [0.2, 0.25) is 0 Å². The van der Waals surface area contributed by atoms with E-state index in [1.54, 1.807) is 24.3 Å². The number of phenols is 1. The first-order chi connectivity index (χ1) is 14.5. The second-order valence-corrected chi connectivity index (χ2v) is 6.66. The molecule has 0 saturated carbocycles. The predicted molar refractivity (Wildman–Crippen MR) is 115 cm³/mol. The molecule has 0 aliphatic carbocycles. The highest BCUT2D eigenvalue weighted by molar-refractivity contribution is 5.81. The number of benzene rings is 3. The zero-order valence-electron chi connectivity index (χ0n) is 16.1. The molecule has 0 saturated heterocycles. The van der Waals surface area contributed by atoms with Gasteiger partial charge in [0.1, 0.15) is 23.6 Å². The van der Waals surface area contributed by atoms with Crippen molar-refractivity contribution in [1.82, 2.24) is 0 Å². The van der Waals surface area contributed by atoms with Gasteiger partial charge in [-0.25, -0.2) is 0 Å². The summed E-state index contributed by atoms with van der Waals surface area (Å²) in [6.45, 7) is 0. The van der Waals surface area contributed by atoms with Crippen molar-refractivity contribution < 1.29 is 19.4 Å². The zero-order chi connectivity index (χ0) is 21.5. The van der Waals surface area contributed by atoms with E-state index in [1.165, 1.54) is 18.4 Å². The quantitative estimate of drug-likeness (QED) is 0.477. The van der Waals surface area contributed by atoms with Gasteiger partial charge in [-0.1, -0.05) is 54.6 Å². The second-order valence-electron chi connectivity index (χ2n) is 6.66. The van der Waals surface area contributed by atoms with Gasteiger partial charge in [-0.2, -0.15) is 0 Å². The highest BCUT2D eigenvalue weighted by Crippen LogP contribution is 2.18. The van der Waals surface area contributed by atoms with E-state index in [9.17, 15) is 9.59 Å². The summed E-state index contributed by atoms with van der Waals surface area (Å²) in [4.78, 5) is 22.7. The SMILES string of the molecule is N[C@@H](Cc1ccc(O)cc1)C(=O)O.O=c1c(-c2ccccc2)coc2ccccc12. The van der Waals surface area contributed by atoms with Gasteiger partial charge in [0, 0.05) is 0 Å². The lowest BCUT2D eigenvalue weighted by atomic mass is 10.1. The third-order valence-electron chi connectivity index (χ3n) is 4.47. The number of aliphatic carboxylic acids is 1. The minimum absolute atomic E-state index is 0.0121. The molecule has 4 N–H and O–H groups in total. The summed E-state index contributed by atoms with van der Waals surface area (Å²) < 4.78 is 5.48. The fourth-order valence-corrected chi connectivity index (χ4v) is 2.87. The standard InChI is InChI=1S/C15H10O2.C9H11NO3/c16-15-12-8-4-5-9-14(12)17-10-13(15)11-6-2-1-3-7-11;10-8(9(12)13)5-6-1-3-7(11)4-2-6/h1-10H;1-4,8,11H,5,10H2,(H,12,13)/t;8-/m.0/s1. The Kier molecular flexibility index (Phi) is 6.62. The number of para-hydroxylation sites is 1. The van der Waals surface area contributed by atoms with Crippen molar-refractivity contribution in [3.8, 4) is 16.9 Å². The third-order valence-corrected chi connectivity index (χ3v) is 4.47. The zero-order valence-corrected chi connectivity index (χ0v) is 16.1. The van der Waals surface area contributed by atoms with E-state index in [2.05, 4.69) is 0 Å². The van der Waals surface area contributed by atoms with Crippen molar-refractivity contribution in [1.29, 1.82) is 0 Å². The van der Waals surface area contributed by atoms with Crippen LogP contribution in [0.25, 0.3) is 22.1 Å². The molecular formula is C24H21NO5. The van der Waals surface area contributed by atoms with E-state index < -0.39 is 12.0 Å². The van der Waals surface area contributed by atoms with Gasteiger partial charge < -0.3 is 20.4 Å². The molecule has 1 aromatic heterocycles. The normalized spacial score (nSPS) is 11.4. The Morgan fingerprint density at radius 3 is 2.23 bits per heavy atom. The Labute approximate surface area is 172 Å². The topological polar surface area (TPSA) is 114 Å². The molecule has 0 amide bonds. The van der Waals surface area contributed by atoms with Gasteiger partial charge in [0.25, 0.3) is 0 Å². The molecule has 30 heavy (non-hydrogen) atoms. The molecule has 0 bridgehead atoms. The van der Waals surface area contributed by atoms with E-state index in [4.69, 9.17) is 20.4 Å². The molecule has 0 radical (unpaired) electrons. The first-order valence-corrected chi connectivity index (χ1v) is 9.28. The van der Waals surface area contributed by atoms with Crippen molar-refractivity contribution in [3.63, 3.8) is 0 Å². The van der Waals surface area contributed by atoms with E-state index in [0.717, 1.165) is 11.1 Å². The summed E-state index contributed by atoms with van der Waals surface area (Å²) in [5, 5.41) is 18.1. The Morgan fingerprint density at radius 1 is 0.933 bits per heavy atom. The first-order valence-electron chi connectivity index (χ1n) is 9.28. The van der Waals surface area contributed by atoms with Gasteiger partial charge in [-0.3, -0.25) is 9.59 Å². The Hall–Kier alpha value is -3.90. The summed E-state index contributed by atoms with van der Waals surface area (Å²) in [6.07, 6.45) is 1.80. The lowest BCUT2D eigenvalue weighted by molar-refractivity contribution is -0.138. The van der Waals surface area contributed by atoms with Crippen LogP contribution in [0.15, 0.2) is 94.3 Å². The number of fused-ring (bicyclic) bond motifs is 1. The molecule has 0 aliphatic rings. The monoisotopic (exact) mass is 403 g/mol. The van der Waals surface area contributed by atoms with Crippen LogP contribution in [-0.2, 0) is 11.2 Å². The smallest absolute Gasteiger partial charge is 0.320 e. The van der Waals surface area contributed by atoms with Crippen LogP contribution in [0.1, 0.15) is 5.56 Å². The number of carbonyl (C=O) groups is 1. The van der Waals surface area contributed by atoms with E-state index in [-0.39, 0.29) is 17.6 Å². The van der Waals surface area contributed by atoms with Crippen LogP contribution in [0, 0.1) is 0 Å². The molecule has 4 rings (SSSR count). The van der Waals surface area contributed by atoms with E-state index in [0.29, 0.717) is 16.5 Å². The Balaban J connectivity index is 0.000000178. The van der Waals surface area contributed by atoms with Gasteiger partial charge in [-0.15, -0.1) is 0 Å². The second kappa shape index (κ2) is 9.54. The largest absolute Gasteiger partial charge is 0.508 e. The average molecular weight is 403 g/mol. The van der Waals surface area contributed by atoms with E-state index in [1.807, 2.05) is 42.5 Å². The maximum absolute atomic E-state index is 12.3. The molecule has 152 valence electrons. The van der Waals surface area contributed by atoms with Crippen LogP contribution in [0.3, 0.4) is 0 Å². The molecule has 6 nitrogen and oxygen atoms in total. The minimum atomic E-state index is -1.02. The first kappa shape index (κ1) is 20.8. The number of hydrogen-bond donors (Lipinski definition) is 3. The number of aromatic hydroxyl groups is 1. The number of phenolic OH excluding ortho intramolecular Hbond substituents is 1. The molecule has 0 unspecified atom stereocenters. The van der Waals surface area contributed by atoms with Crippen molar-refractivity contribution in [2.75, 3.05) is 0 Å². The molecule has 1 atom stereocenters. The maximum Gasteiger partial charge on any atom is 0.320 e. The molecule has 0 spiro atoms. The lowest BCUT2D eigenvalue weighted by Gasteiger charge is -2.05. The van der Waals surface area contributed by atoms with Gasteiger partial charge in [0.05, 0.1) is 10.9 Å². The average Bonchev–Trinajstić information content (AvgIpc) is 2.77. The molecule has 0 fully saturated rings. The Morgan fingerprint density at radius 2 is 1.57 bits per heavy atom. The molecular weight excluding hydrogens is 382 g/mol. The molecule has 0 aliphatic heterocycles. The maximum atomic E-state index is 12.3. The van der Waals surface area contributed by atoms with Crippen LogP contribution in [0.5, 0.6) is 5.75 Å². The minimum Gasteiger partial charge on any atom is -0.508 e. The van der Waals surface area contributed by atoms with E-state index >= 15 is 0 Å². The predicted octanol–water partition coefficient (Wildman–Crippen LogP) is 3.81. The van der Waals surface area contributed by atoms with Crippen LogP contribution < -0.4 is 11.2 Å². The highest BCUT2D eigenvalue weighted by atomic mass is 16.4. The van der Waals surface area contributed by atoms with Gasteiger partial charge in [0.15, 0.2) is 5.43 Å². The van der Waals surface area contributed by atoms with Crippen LogP contribution in [-0.4, -0.2) is 22.2 Å². The molecule has 3 aromatic carbocycles. The van der Waals surface area contributed by atoms with Crippen molar-refractivity contribution in [2.45, 2.75) is 12.5 Å². The number of carboxylic acid groups (broad SMARTS) is 1. The molecule has 4 aromatic rings. The Bertz CT molecular complexity index is 1180. The van der Waals surface area contributed by atoms with Crippen LogP contribution in [0.2, 0.25) is 0 Å². The molecule has 1 heterocycles. The van der Waals surface area contributed by atoms with Crippen LogP contribution >= 0.6 is 0 Å². The number of hydrogen-bond acceptors (Lipinski definition) is 5. The van der Waals surface area contributed by atoms with Gasteiger partial charge >= 0.3 is 5.97 Å². The third kappa shape index (κ3) is 5.12. The number of carboxylic acids is 1.